The van der Waals surface area contributed by atoms with Crippen molar-refractivity contribution < 1.29 is 0 Å². The van der Waals surface area contributed by atoms with Gasteiger partial charge in [-0.25, -0.2) is 4.98 Å². The third-order valence-electron chi connectivity index (χ3n) is 1.64. The minimum atomic E-state index is -0.759. The Hall–Kier alpha value is -1.03. The minimum absolute atomic E-state index is 0.561. The van der Waals surface area contributed by atoms with Gasteiger partial charge in [0.1, 0.15) is 16.6 Å². The molecule has 2 heterocycles. The molecule has 1 unspecified atom stereocenters. The summed E-state index contributed by atoms with van der Waals surface area (Å²) in [4.78, 5) is 3.89. The van der Waals surface area contributed by atoms with Crippen molar-refractivity contribution in [3.05, 3.63) is 27.7 Å². The Kier molecular flexibility index (Phi) is 2.00. The van der Waals surface area contributed by atoms with E-state index in [1.54, 1.807) is 11.7 Å². The van der Waals surface area contributed by atoms with E-state index in [4.69, 9.17) is 11.0 Å². The van der Waals surface area contributed by atoms with Gasteiger partial charge in [0.2, 0.25) is 0 Å². The van der Waals surface area contributed by atoms with Gasteiger partial charge >= 0.3 is 0 Å². The van der Waals surface area contributed by atoms with Crippen LogP contribution in [0.1, 0.15) is 10.6 Å². The summed E-state index contributed by atoms with van der Waals surface area (Å²) in [5.41, 5.74) is 8.22. The summed E-state index contributed by atoms with van der Waals surface area (Å²) in [5, 5.41) is 13.6. The number of rotatable bonds is 1. The Morgan fingerprint density at radius 2 is 2.54 bits per heavy atom. The predicted octanol–water partition coefficient (Wildman–Crippen LogP) is 0.891. The second kappa shape index (κ2) is 3.03. The molecule has 3 N–H and O–H groups in total. The van der Waals surface area contributed by atoms with Crippen LogP contribution in [0, 0.1) is 11.3 Å². The van der Waals surface area contributed by atoms with Crippen molar-refractivity contribution >= 4 is 23.1 Å². The zero-order valence-corrected chi connectivity index (χ0v) is 8.15. The van der Waals surface area contributed by atoms with E-state index in [0.29, 0.717) is 10.6 Å². The second-order valence-electron chi connectivity index (χ2n) is 2.44. The Balaban J connectivity index is 2.41. The Labute approximate surface area is 83.5 Å². The van der Waals surface area contributed by atoms with Crippen LogP contribution in [0.4, 0.5) is 0 Å². The quantitative estimate of drug-likeness (QED) is 0.720. The van der Waals surface area contributed by atoms with Crippen LogP contribution < -0.4 is 11.1 Å². The molecule has 0 fully saturated rings. The molecule has 0 bridgehead atoms. The monoisotopic (exact) mass is 210 g/mol. The predicted molar refractivity (Wildman–Crippen MR) is 52.6 cm³/mol. The molecule has 0 spiro atoms. The fraction of sp³-hybridized carbons (Fsp3) is 0.143. The van der Waals surface area contributed by atoms with Crippen molar-refractivity contribution in [3.8, 4) is 6.07 Å². The molecule has 13 heavy (non-hydrogen) atoms. The number of nitrogens with one attached hydrogen (secondary N) is 1. The van der Waals surface area contributed by atoms with Gasteiger partial charge in [-0.2, -0.15) is 5.26 Å². The highest BCUT2D eigenvalue weighted by molar-refractivity contribution is 8.03. The summed E-state index contributed by atoms with van der Waals surface area (Å²) in [6.45, 7) is 0. The van der Waals surface area contributed by atoms with Gasteiger partial charge < -0.3 is 5.32 Å². The van der Waals surface area contributed by atoms with Gasteiger partial charge in [-0.3, -0.25) is 5.73 Å². The van der Waals surface area contributed by atoms with Gasteiger partial charge in [0.25, 0.3) is 0 Å². The summed E-state index contributed by atoms with van der Waals surface area (Å²) in [6.07, 6.45) is 1.76. The standard InChI is InChI=1S/C7H6N4S2/c8-3-5-6(10-4-12-5)7(9)11-1-2-13-7/h1-2,4,11H,9H2. The summed E-state index contributed by atoms with van der Waals surface area (Å²) >= 11 is 2.71. The number of nitrogens with zero attached hydrogens (tertiary/aromatic N) is 2. The Bertz CT molecular complexity index is 381. The summed E-state index contributed by atoms with van der Waals surface area (Å²) in [5.74, 6) is 0. The number of nitriles is 1. The molecule has 6 heteroatoms. The molecular weight excluding hydrogens is 204 g/mol. The molecule has 0 amide bonds. The maximum absolute atomic E-state index is 8.79. The van der Waals surface area contributed by atoms with Gasteiger partial charge in [0.15, 0.2) is 4.99 Å². The van der Waals surface area contributed by atoms with E-state index in [9.17, 15) is 0 Å². The van der Waals surface area contributed by atoms with Crippen LogP contribution in [0.15, 0.2) is 17.1 Å². The van der Waals surface area contributed by atoms with E-state index >= 15 is 0 Å². The number of hydrogen-bond donors (Lipinski definition) is 2. The van der Waals surface area contributed by atoms with Gasteiger partial charge in [-0.15, -0.1) is 11.3 Å². The molecule has 1 aromatic heterocycles. The topological polar surface area (TPSA) is 74.7 Å². The van der Waals surface area contributed by atoms with Crippen molar-refractivity contribution in [1.29, 1.82) is 5.26 Å². The van der Waals surface area contributed by atoms with E-state index in [-0.39, 0.29) is 0 Å². The average Bonchev–Trinajstić information content (AvgIpc) is 2.72. The molecule has 0 aromatic carbocycles. The van der Waals surface area contributed by atoms with Crippen LogP contribution >= 0.6 is 23.1 Å². The smallest absolute Gasteiger partial charge is 0.184 e. The first-order chi connectivity index (χ1) is 6.26. The fourth-order valence-electron chi connectivity index (χ4n) is 1.05. The number of thioether (sulfide) groups is 1. The summed E-state index contributed by atoms with van der Waals surface area (Å²) < 4.78 is 0. The van der Waals surface area contributed by atoms with Crippen molar-refractivity contribution in [3.63, 3.8) is 0 Å². The first-order valence-corrected chi connectivity index (χ1v) is 5.26. The summed E-state index contributed by atoms with van der Waals surface area (Å²) in [6, 6.07) is 2.07. The third-order valence-corrected chi connectivity index (χ3v) is 3.33. The van der Waals surface area contributed by atoms with E-state index in [1.807, 2.05) is 5.41 Å². The second-order valence-corrected chi connectivity index (χ2v) is 4.45. The molecule has 2 rings (SSSR count). The highest BCUT2D eigenvalue weighted by Gasteiger charge is 2.33. The molecule has 0 saturated carbocycles. The summed E-state index contributed by atoms with van der Waals surface area (Å²) in [7, 11) is 0. The van der Waals surface area contributed by atoms with Crippen molar-refractivity contribution in [1.82, 2.24) is 10.3 Å². The largest absolute Gasteiger partial charge is 0.359 e. The van der Waals surface area contributed by atoms with E-state index < -0.39 is 4.99 Å². The van der Waals surface area contributed by atoms with Gasteiger partial charge in [-0.1, -0.05) is 11.8 Å². The van der Waals surface area contributed by atoms with Crippen molar-refractivity contribution in [2.75, 3.05) is 0 Å². The third kappa shape index (κ3) is 1.31. The molecule has 66 valence electrons. The van der Waals surface area contributed by atoms with E-state index in [2.05, 4.69) is 16.4 Å². The van der Waals surface area contributed by atoms with E-state index in [1.165, 1.54) is 23.1 Å². The number of aromatic nitrogens is 1. The Morgan fingerprint density at radius 1 is 1.69 bits per heavy atom. The number of thiazole rings is 1. The minimum Gasteiger partial charge on any atom is -0.359 e. The lowest BCUT2D eigenvalue weighted by Crippen LogP contribution is -2.43. The zero-order chi connectivity index (χ0) is 9.31. The molecule has 4 nitrogen and oxygen atoms in total. The van der Waals surface area contributed by atoms with Crippen LogP contribution in [0.5, 0.6) is 0 Å². The molecule has 1 aromatic rings. The van der Waals surface area contributed by atoms with Crippen LogP contribution in [0.25, 0.3) is 0 Å². The molecular formula is C7H6N4S2. The molecule has 0 saturated heterocycles. The number of nitrogens with two attached hydrogens (primary N) is 1. The van der Waals surface area contributed by atoms with Crippen LogP contribution in [-0.4, -0.2) is 4.98 Å². The van der Waals surface area contributed by atoms with Gasteiger partial charge in [0, 0.05) is 6.20 Å². The zero-order valence-electron chi connectivity index (χ0n) is 6.52. The molecule has 1 atom stereocenters. The lowest BCUT2D eigenvalue weighted by molar-refractivity contribution is 0.582. The van der Waals surface area contributed by atoms with Crippen molar-refractivity contribution in [2.45, 2.75) is 4.99 Å². The number of hydrogen-bond acceptors (Lipinski definition) is 6. The average molecular weight is 210 g/mol. The highest BCUT2D eigenvalue weighted by Crippen LogP contribution is 2.35. The fourth-order valence-corrected chi connectivity index (χ4v) is 2.51. The van der Waals surface area contributed by atoms with Gasteiger partial charge in [-0.05, 0) is 5.41 Å². The first kappa shape index (κ1) is 8.56. The van der Waals surface area contributed by atoms with Crippen molar-refractivity contribution in [2.24, 2.45) is 5.73 Å². The molecule has 0 radical (unpaired) electrons. The SMILES string of the molecule is N#Cc1scnc1C1(N)NC=CS1. The highest BCUT2D eigenvalue weighted by atomic mass is 32.2. The lowest BCUT2D eigenvalue weighted by atomic mass is 10.3. The maximum Gasteiger partial charge on any atom is 0.184 e. The first-order valence-electron chi connectivity index (χ1n) is 3.50. The van der Waals surface area contributed by atoms with Crippen LogP contribution in [0.3, 0.4) is 0 Å². The lowest BCUT2D eigenvalue weighted by Gasteiger charge is -2.21. The Morgan fingerprint density at radius 3 is 3.15 bits per heavy atom. The van der Waals surface area contributed by atoms with Crippen LogP contribution in [0.2, 0.25) is 0 Å². The molecule has 0 aliphatic carbocycles. The van der Waals surface area contributed by atoms with Gasteiger partial charge in [0.05, 0.1) is 5.51 Å². The van der Waals surface area contributed by atoms with E-state index in [0.717, 1.165) is 0 Å². The molecule has 1 aliphatic heterocycles. The maximum atomic E-state index is 8.79. The van der Waals surface area contributed by atoms with Crippen LogP contribution in [-0.2, 0) is 4.99 Å². The molecule has 1 aliphatic rings. The normalized spacial score (nSPS) is 25.5.